The van der Waals surface area contributed by atoms with Gasteiger partial charge in [-0.05, 0) is 0 Å². The lowest BCUT2D eigenvalue weighted by Crippen LogP contribution is -1.42. The predicted octanol–water partition coefficient (Wildman–Crippen LogP) is 1.43. The Balaban J connectivity index is 2.40. The molecule has 0 bridgehead atoms. The van der Waals surface area contributed by atoms with E-state index in [1.54, 1.807) is 0 Å². The maximum Gasteiger partial charge on any atom is 0.206 e. The number of hydrogen-bond acceptors (Lipinski definition) is 3. The number of hydrogen-bond donors (Lipinski definition) is 0. The van der Waals surface area contributed by atoms with E-state index in [1.165, 1.54) is 0 Å². The van der Waals surface area contributed by atoms with Crippen molar-refractivity contribution in [1.29, 1.82) is 0 Å². The largest absolute Gasteiger partial charge is 0.331 e. The van der Waals surface area contributed by atoms with Crippen molar-refractivity contribution < 1.29 is 4.62 Å². The molecule has 3 nitrogen and oxygen atoms in total. The van der Waals surface area contributed by atoms with E-state index in [4.69, 9.17) is 16.1 Å². The zero-order valence-corrected chi connectivity index (χ0v) is 3.90. The fourth-order valence-electron chi connectivity index (χ4n) is 0.0141. The highest BCUT2D eigenvalue weighted by Crippen LogP contribution is 2.15. The Morgan fingerprint density at radius 3 is 2.60 bits per heavy atom. The first-order valence-electron chi connectivity index (χ1n) is 0.758. The summed E-state index contributed by atoms with van der Waals surface area (Å²) in [5, 5.41) is 1.98. The van der Waals surface area contributed by atoms with Crippen LogP contribution >= 0.6 is 19.4 Å². The molecule has 0 spiro atoms. The molecule has 0 aromatic heterocycles. The van der Waals surface area contributed by atoms with Crippen molar-refractivity contribution >= 4 is 19.4 Å². The Labute approximate surface area is 35.2 Å². The van der Waals surface area contributed by atoms with Crippen molar-refractivity contribution in [2.75, 3.05) is 0 Å². The van der Waals surface area contributed by atoms with Crippen LogP contribution in [0.3, 0.4) is 0 Å². The molecular weight excluding hydrogens is 112 g/mol. The van der Waals surface area contributed by atoms with Gasteiger partial charge in [-0.15, -0.1) is 4.91 Å². The van der Waals surface area contributed by atoms with Gasteiger partial charge in [-0.25, -0.2) is 0 Å². The first-order valence-corrected chi connectivity index (χ1v) is 2.68. The topological polar surface area (TPSA) is 38.7 Å². The minimum Gasteiger partial charge on any atom is -0.331 e. The monoisotopic (exact) mass is 113 g/mol. The van der Waals surface area contributed by atoms with Gasteiger partial charge in [0.25, 0.3) is 0 Å². The Morgan fingerprint density at radius 1 is 2.00 bits per heavy atom. The molecule has 0 aliphatic carbocycles. The molecule has 0 N–H and O–H groups in total. The second-order valence-electron chi connectivity index (χ2n) is 0.243. The van der Waals surface area contributed by atoms with Crippen LogP contribution in [0.5, 0.6) is 0 Å². The maximum absolute atomic E-state index is 8.86. The van der Waals surface area contributed by atoms with Crippen molar-refractivity contribution in [1.82, 2.24) is 0 Å². The van der Waals surface area contributed by atoms with Crippen LogP contribution in [0.15, 0.2) is 5.34 Å². The highest BCUT2D eigenvalue weighted by Gasteiger charge is 1.66. The molecule has 0 amide bonds. The van der Waals surface area contributed by atoms with Gasteiger partial charge in [-0.3, -0.25) is 0 Å². The molecule has 0 saturated heterocycles. The number of halogens is 1. The minimum absolute atomic E-state index is 0.349. The van der Waals surface area contributed by atoms with Gasteiger partial charge in [0.1, 0.15) is 0 Å². The standard InChI is InChI=1S/ClHNO2P/c1-5-4-2-3/h5H. The molecule has 0 aliphatic rings. The minimum atomic E-state index is -0.349. The van der Waals surface area contributed by atoms with Gasteiger partial charge in [-0.1, -0.05) is 11.2 Å². The Hall–Kier alpha value is 0.120. The van der Waals surface area contributed by atoms with Crippen LogP contribution in [0.4, 0.5) is 0 Å². The Kier molecular flexibility index (Phi) is 4.22. The van der Waals surface area contributed by atoms with E-state index < -0.39 is 0 Å². The molecule has 0 aromatic carbocycles. The molecule has 1 atom stereocenters. The summed E-state index contributed by atoms with van der Waals surface area (Å²) in [6, 6.07) is 0. The summed E-state index contributed by atoms with van der Waals surface area (Å²) in [5.41, 5.74) is 0. The molecule has 5 heavy (non-hydrogen) atoms. The van der Waals surface area contributed by atoms with Crippen molar-refractivity contribution in [3.8, 4) is 0 Å². The lowest BCUT2D eigenvalue weighted by atomic mass is 13.4. The molecule has 0 saturated carbocycles. The summed E-state index contributed by atoms with van der Waals surface area (Å²) in [6.45, 7) is 0. The van der Waals surface area contributed by atoms with Crippen molar-refractivity contribution in [2.24, 2.45) is 5.34 Å². The summed E-state index contributed by atoms with van der Waals surface area (Å²) < 4.78 is 3.70. The van der Waals surface area contributed by atoms with Crippen LogP contribution in [-0.4, -0.2) is 0 Å². The normalized spacial score (nSPS) is 9.00. The molecule has 1 unspecified atom stereocenters. The summed E-state index contributed by atoms with van der Waals surface area (Å²) in [6.07, 6.45) is 0. The molecular formula is HClNO2P. The summed E-state index contributed by atoms with van der Waals surface area (Å²) in [5.74, 6) is 0. The van der Waals surface area contributed by atoms with Crippen LogP contribution in [0.25, 0.3) is 0 Å². The second kappa shape index (κ2) is 4.12. The van der Waals surface area contributed by atoms with E-state index in [0.29, 0.717) is 0 Å². The maximum atomic E-state index is 8.86. The third-order valence-corrected chi connectivity index (χ3v) is 0.422. The molecule has 30 valence electrons. The van der Waals surface area contributed by atoms with E-state index in [0.717, 1.165) is 0 Å². The third kappa shape index (κ3) is 4.12. The molecule has 0 heterocycles. The predicted molar refractivity (Wildman–Crippen MR) is 21.0 cm³/mol. The SMILES string of the molecule is O=NOPCl. The highest BCUT2D eigenvalue weighted by molar-refractivity contribution is 7.64. The second-order valence-corrected chi connectivity index (χ2v) is 1.04. The van der Waals surface area contributed by atoms with Gasteiger partial charge in [0.15, 0.2) is 5.34 Å². The average molecular weight is 113 g/mol. The highest BCUT2D eigenvalue weighted by atomic mass is 35.7. The van der Waals surface area contributed by atoms with E-state index in [9.17, 15) is 0 Å². The zero-order chi connectivity index (χ0) is 4.12. The molecule has 0 fully saturated rings. The van der Waals surface area contributed by atoms with Crippen molar-refractivity contribution in [3.63, 3.8) is 0 Å². The summed E-state index contributed by atoms with van der Waals surface area (Å²) in [7, 11) is -0.349. The van der Waals surface area contributed by atoms with Gasteiger partial charge >= 0.3 is 0 Å². The summed E-state index contributed by atoms with van der Waals surface area (Å²) in [4.78, 5) is 8.86. The van der Waals surface area contributed by atoms with E-state index in [1.807, 2.05) is 5.34 Å². The van der Waals surface area contributed by atoms with E-state index in [2.05, 4.69) is 4.62 Å². The van der Waals surface area contributed by atoms with Gasteiger partial charge < -0.3 is 4.62 Å². The van der Waals surface area contributed by atoms with Crippen molar-refractivity contribution in [3.05, 3.63) is 4.91 Å². The van der Waals surface area contributed by atoms with E-state index in [-0.39, 0.29) is 8.16 Å². The molecule has 0 aliphatic heterocycles. The van der Waals surface area contributed by atoms with Crippen molar-refractivity contribution in [2.45, 2.75) is 0 Å². The van der Waals surface area contributed by atoms with Crippen LogP contribution in [0.1, 0.15) is 0 Å². The lowest BCUT2D eigenvalue weighted by Gasteiger charge is -1.72. The van der Waals surface area contributed by atoms with E-state index >= 15 is 0 Å². The molecule has 0 aromatic rings. The quantitative estimate of drug-likeness (QED) is 0.309. The summed E-state index contributed by atoms with van der Waals surface area (Å²) >= 11 is 4.81. The van der Waals surface area contributed by atoms with Gasteiger partial charge in [0.05, 0.1) is 0 Å². The molecule has 0 radical (unpaired) electrons. The first kappa shape index (κ1) is 5.12. The molecule has 0 rings (SSSR count). The molecule has 5 heteroatoms. The zero-order valence-electron chi connectivity index (χ0n) is 2.14. The fraction of sp³-hybridized carbons (Fsp3) is 0. The first-order chi connectivity index (χ1) is 2.41. The van der Waals surface area contributed by atoms with Gasteiger partial charge in [0.2, 0.25) is 8.16 Å². The Morgan fingerprint density at radius 2 is 2.60 bits per heavy atom. The fourth-order valence-corrected chi connectivity index (χ4v) is 0.127. The van der Waals surface area contributed by atoms with Crippen LogP contribution < -0.4 is 0 Å². The average Bonchev–Trinajstić information content (AvgIpc) is 1.41. The van der Waals surface area contributed by atoms with Crippen LogP contribution in [0, 0.1) is 4.91 Å². The number of nitrogens with zero attached hydrogens (tertiary/aromatic N) is 1. The van der Waals surface area contributed by atoms with Crippen LogP contribution in [-0.2, 0) is 4.62 Å². The van der Waals surface area contributed by atoms with Crippen LogP contribution in [0.2, 0.25) is 0 Å². The van der Waals surface area contributed by atoms with Gasteiger partial charge in [-0.2, -0.15) is 0 Å². The lowest BCUT2D eigenvalue weighted by molar-refractivity contribution is 0.392. The smallest absolute Gasteiger partial charge is 0.206 e. The Bertz CT molecular complexity index is 30.8. The third-order valence-electron chi connectivity index (χ3n) is 0.0718. The number of rotatable bonds is 2. The van der Waals surface area contributed by atoms with Gasteiger partial charge in [0, 0.05) is 0 Å².